The highest BCUT2D eigenvalue weighted by Gasteiger charge is 2.44. The molecule has 1 saturated heterocycles. The van der Waals surface area contributed by atoms with Gasteiger partial charge in [0.2, 0.25) is 0 Å². The minimum absolute atomic E-state index is 0.00834. The van der Waals surface area contributed by atoms with E-state index in [9.17, 15) is 31.1 Å². The number of nitrogens with one attached hydrogen (secondary N) is 2. The van der Waals surface area contributed by atoms with Crippen LogP contribution in [0.1, 0.15) is 23.6 Å². The summed E-state index contributed by atoms with van der Waals surface area (Å²) in [5.41, 5.74) is -2.87. The molecule has 1 heterocycles. The number of carbonyl (C=O) groups excluding carboxylic acids is 1. The fourth-order valence-corrected chi connectivity index (χ4v) is 3.78. The molecule has 0 aromatic heterocycles. The van der Waals surface area contributed by atoms with Crippen molar-refractivity contribution in [2.75, 3.05) is 19.8 Å². The second-order valence-corrected chi connectivity index (χ2v) is 8.24. The Morgan fingerprint density at radius 2 is 1.73 bits per heavy atom. The second kappa shape index (κ2) is 11.7. The average molecular weight is 529 g/mol. The van der Waals surface area contributed by atoms with E-state index in [0.717, 1.165) is 17.7 Å². The summed E-state index contributed by atoms with van der Waals surface area (Å²) in [5, 5.41) is 10.4. The maximum absolute atomic E-state index is 13.5. The molecule has 200 valence electrons. The van der Waals surface area contributed by atoms with Crippen molar-refractivity contribution in [2.45, 2.75) is 38.5 Å². The van der Waals surface area contributed by atoms with Gasteiger partial charge < -0.3 is 19.7 Å². The predicted octanol–water partition coefficient (Wildman–Crippen LogP) is 5.05. The van der Waals surface area contributed by atoms with Crippen molar-refractivity contribution < 1.29 is 40.6 Å². The Balaban J connectivity index is 1.93. The summed E-state index contributed by atoms with van der Waals surface area (Å²) in [7, 11) is 0. The maximum atomic E-state index is 13.5. The molecular formula is C25H25F6N3O3. The van der Waals surface area contributed by atoms with Gasteiger partial charge in [-0.05, 0) is 30.2 Å². The molecule has 0 radical (unpaired) electrons. The molecule has 1 unspecified atom stereocenters. The summed E-state index contributed by atoms with van der Waals surface area (Å²) in [6, 6.07) is 12.9. The summed E-state index contributed by atoms with van der Waals surface area (Å²) < 4.78 is 90.6. The Hall–Kier alpha value is -3.54. The van der Waals surface area contributed by atoms with Crippen LogP contribution >= 0.6 is 0 Å². The van der Waals surface area contributed by atoms with Gasteiger partial charge in [0.1, 0.15) is 11.4 Å². The van der Waals surface area contributed by atoms with Crippen molar-refractivity contribution in [2.24, 2.45) is 0 Å². The molecule has 1 aliphatic heterocycles. The van der Waals surface area contributed by atoms with E-state index in [-0.39, 0.29) is 44.3 Å². The van der Waals surface area contributed by atoms with E-state index in [2.05, 4.69) is 5.32 Å². The van der Waals surface area contributed by atoms with Crippen molar-refractivity contribution in [3.8, 4) is 0 Å². The summed E-state index contributed by atoms with van der Waals surface area (Å²) in [6.45, 7) is 1.16. The van der Waals surface area contributed by atoms with Crippen LogP contribution in [0.15, 0.2) is 66.0 Å². The van der Waals surface area contributed by atoms with E-state index in [1.54, 1.807) is 0 Å². The van der Waals surface area contributed by atoms with E-state index < -0.39 is 41.2 Å². The van der Waals surface area contributed by atoms with Crippen LogP contribution in [0.25, 0.3) is 0 Å². The fraction of sp³-hybridized carbons (Fsp3) is 0.360. The summed E-state index contributed by atoms with van der Waals surface area (Å²) in [5.74, 6) is -1.72. The van der Waals surface area contributed by atoms with Crippen LogP contribution in [0.4, 0.5) is 26.3 Å². The lowest BCUT2D eigenvalue weighted by molar-refractivity contribution is -0.139. The van der Waals surface area contributed by atoms with Crippen LogP contribution in [0.2, 0.25) is 0 Å². The molecule has 3 rings (SSSR count). The predicted molar refractivity (Wildman–Crippen MR) is 122 cm³/mol. The lowest BCUT2D eigenvalue weighted by atomic mass is 10.1. The van der Waals surface area contributed by atoms with Crippen LogP contribution in [-0.2, 0) is 33.6 Å². The molecule has 2 aromatic carbocycles. The van der Waals surface area contributed by atoms with Crippen LogP contribution < -0.4 is 5.32 Å². The van der Waals surface area contributed by atoms with Crippen LogP contribution in [0.3, 0.4) is 0 Å². The van der Waals surface area contributed by atoms with Gasteiger partial charge in [0.15, 0.2) is 5.71 Å². The van der Waals surface area contributed by atoms with Gasteiger partial charge in [-0.15, -0.1) is 0 Å². The van der Waals surface area contributed by atoms with Gasteiger partial charge >= 0.3 is 18.3 Å². The van der Waals surface area contributed by atoms with Crippen molar-refractivity contribution in [1.82, 2.24) is 10.2 Å². The number of hydrogen-bond donors (Lipinski definition) is 2. The Morgan fingerprint density at radius 1 is 1.05 bits per heavy atom. The normalized spacial score (nSPS) is 17.4. The van der Waals surface area contributed by atoms with Gasteiger partial charge in [0.25, 0.3) is 0 Å². The Labute approximate surface area is 209 Å². The first-order chi connectivity index (χ1) is 17.4. The molecule has 1 fully saturated rings. The Kier molecular flexibility index (Phi) is 8.85. The zero-order valence-corrected chi connectivity index (χ0v) is 19.7. The molecule has 0 spiro atoms. The second-order valence-electron chi connectivity index (χ2n) is 8.24. The number of esters is 1. The molecule has 0 amide bonds. The first kappa shape index (κ1) is 28.0. The number of halogens is 6. The van der Waals surface area contributed by atoms with Crippen LogP contribution in [0.5, 0.6) is 0 Å². The first-order valence-corrected chi connectivity index (χ1v) is 11.3. The zero-order chi connectivity index (χ0) is 27.2. The monoisotopic (exact) mass is 529 g/mol. The van der Waals surface area contributed by atoms with Gasteiger partial charge in [-0.25, -0.2) is 4.79 Å². The third-order valence-corrected chi connectivity index (χ3v) is 5.41. The quantitative estimate of drug-likeness (QED) is 0.206. The topological polar surface area (TPSA) is 74.7 Å². The number of ether oxygens (including phenoxy) is 2. The lowest BCUT2D eigenvalue weighted by Crippen LogP contribution is -2.35. The molecule has 37 heavy (non-hydrogen) atoms. The standard InChI is InChI=1S/C25H25F6N3O3/c1-2-37-23(35)20(21(32)25(29,30)31)22-33-19(15-36-14-16-7-4-3-5-8-16)13-34(22)12-17-9-6-10-18(11-17)24(26,27)28/h3-11,19,32-33H,2,12-15H2,1H3/b22-20-,32-21?. The molecule has 0 saturated carbocycles. The molecule has 0 bridgehead atoms. The average Bonchev–Trinajstić information content (AvgIpc) is 3.21. The van der Waals surface area contributed by atoms with Crippen molar-refractivity contribution in [3.63, 3.8) is 0 Å². The highest BCUT2D eigenvalue weighted by atomic mass is 19.4. The molecule has 6 nitrogen and oxygen atoms in total. The number of rotatable bonds is 9. The van der Waals surface area contributed by atoms with Gasteiger partial charge in [-0.2, -0.15) is 26.3 Å². The van der Waals surface area contributed by atoms with Gasteiger partial charge in [-0.1, -0.05) is 42.5 Å². The Morgan fingerprint density at radius 3 is 2.35 bits per heavy atom. The summed E-state index contributed by atoms with van der Waals surface area (Å²) in [6.07, 6.45) is -9.78. The minimum atomic E-state index is -5.17. The highest BCUT2D eigenvalue weighted by molar-refractivity contribution is 6.21. The largest absolute Gasteiger partial charge is 0.462 e. The van der Waals surface area contributed by atoms with E-state index >= 15 is 0 Å². The summed E-state index contributed by atoms with van der Waals surface area (Å²) in [4.78, 5) is 13.8. The zero-order valence-electron chi connectivity index (χ0n) is 19.7. The smallest absolute Gasteiger partial charge is 0.433 e. The number of hydrogen-bond acceptors (Lipinski definition) is 6. The van der Waals surface area contributed by atoms with Crippen molar-refractivity contribution in [3.05, 3.63) is 82.7 Å². The molecule has 1 atom stereocenters. The SMILES string of the molecule is CCOC(=O)/C(C(=N)C(F)(F)F)=C1/NC(COCc2ccccc2)CN1Cc1cccc(C(F)(F)F)c1. The number of benzene rings is 2. The van der Waals surface area contributed by atoms with E-state index in [1.807, 2.05) is 30.3 Å². The lowest BCUT2D eigenvalue weighted by Gasteiger charge is -2.23. The van der Waals surface area contributed by atoms with Crippen LogP contribution in [0, 0.1) is 5.41 Å². The molecule has 0 aliphatic carbocycles. The molecule has 2 N–H and O–H groups in total. The fourth-order valence-electron chi connectivity index (χ4n) is 3.78. The molecule has 12 heteroatoms. The van der Waals surface area contributed by atoms with Crippen molar-refractivity contribution in [1.29, 1.82) is 5.41 Å². The number of nitrogens with zero attached hydrogens (tertiary/aromatic N) is 1. The van der Waals surface area contributed by atoms with E-state index in [1.165, 1.54) is 24.0 Å². The molecular weight excluding hydrogens is 504 g/mol. The highest BCUT2D eigenvalue weighted by Crippen LogP contribution is 2.31. The molecule has 1 aliphatic rings. The van der Waals surface area contributed by atoms with Crippen molar-refractivity contribution >= 4 is 11.7 Å². The third kappa shape index (κ3) is 7.48. The van der Waals surface area contributed by atoms with E-state index in [0.29, 0.717) is 0 Å². The summed E-state index contributed by atoms with van der Waals surface area (Å²) >= 11 is 0. The van der Waals surface area contributed by atoms with Gasteiger partial charge in [0, 0.05) is 13.1 Å². The molecule has 2 aromatic rings. The first-order valence-electron chi connectivity index (χ1n) is 11.3. The van der Waals surface area contributed by atoms with Gasteiger partial charge in [0.05, 0.1) is 31.4 Å². The number of alkyl halides is 6. The minimum Gasteiger partial charge on any atom is -0.462 e. The van der Waals surface area contributed by atoms with Gasteiger partial charge in [-0.3, -0.25) is 5.41 Å². The van der Waals surface area contributed by atoms with E-state index in [4.69, 9.17) is 14.9 Å². The van der Waals surface area contributed by atoms with Crippen LogP contribution in [-0.4, -0.2) is 48.6 Å². The maximum Gasteiger partial charge on any atom is 0.433 e. The third-order valence-electron chi connectivity index (χ3n) is 5.41. The Bertz CT molecular complexity index is 1130. The number of carbonyl (C=O) groups is 1.